The summed E-state index contributed by atoms with van der Waals surface area (Å²) in [5.74, 6) is 0.469. The molecule has 0 heterocycles. The topological polar surface area (TPSA) is 0 Å². The predicted molar refractivity (Wildman–Crippen MR) is 131 cm³/mol. The third kappa shape index (κ3) is 2.88. The fraction of sp³-hybridized carbons (Fsp3) is 0.379. The molecule has 0 aliphatic heterocycles. The Labute approximate surface area is 178 Å². The van der Waals surface area contributed by atoms with E-state index in [-0.39, 0.29) is 10.8 Å². The molecular weight excluding hydrogens is 348 g/mol. The summed E-state index contributed by atoms with van der Waals surface area (Å²) in [5, 5.41) is 0. The van der Waals surface area contributed by atoms with Crippen LogP contribution < -0.4 is 0 Å². The lowest BCUT2D eigenvalue weighted by atomic mass is 9.55. The van der Waals surface area contributed by atoms with Gasteiger partial charge in [0.1, 0.15) is 0 Å². The Kier molecular flexibility index (Phi) is 5.52. The summed E-state index contributed by atoms with van der Waals surface area (Å²) in [4.78, 5) is 0. The molecule has 0 amide bonds. The molecule has 1 atom stereocenters. The highest BCUT2D eigenvalue weighted by molar-refractivity contribution is 5.95. The van der Waals surface area contributed by atoms with Crippen molar-refractivity contribution in [2.45, 2.75) is 60.8 Å². The molecule has 1 aliphatic rings. The van der Waals surface area contributed by atoms with Gasteiger partial charge in [-0.1, -0.05) is 95.8 Å². The Morgan fingerprint density at radius 2 is 1.38 bits per heavy atom. The number of allylic oxidation sites excluding steroid dienone is 2. The van der Waals surface area contributed by atoms with Crippen LogP contribution in [0.3, 0.4) is 0 Å². The monoisotopic (exact) mass is 384 g/mol. The summed E-state index contributed by atoms with van der Waals surface area (Å²) in [6.45, 7) is 22.5. The van der Waals surface area contributed by atoms with Crippen molar-refractivity contribution in [2.24, 2.45) is 11.3 Å². The van der Waals surface area contributed by atoms with Crippen molar-refractivity contribution in [1.82, 2.24) is 0 Å². The smallest absolute Gasteiger partial charge is 0.0286 e. The van der Waals surface area contributed by atoms with E-state index < -0.39 is 0 Å². The number of rotatable bonds is 4. The molecule has 0 bridgehead atoms. The number of benzene rings is 2. The lowest BCUT2D eigenvalue weighted by Crippen LogP contribution is -2.44. The Hall–Kier alpha value is -2.34. The Bertz CT molecular complexity index is 1010. The molecule has 0 radical (unpaired) electrons. The second kappa shape index (κ2) is 7.48. The molecule has 0 aromatic heterocycles. The lowest BCUT2D eigenvalue weighted by Gasteiger charge is -2.47. The second-order valence-electron chi connectivity index (χ2n) is 9.63. The SMILES string of the molecule is C=Cc1ccc2c(c1/C=C\C)-c1c(ccc(C)c1/C=C\C)C2(C(C)C)C(C)(C)C. The molecule has 0 saturated heterocycles. The first-order valence-corrected chi connectivity index (χ1v) is 10.9. The molecule has 0 saturated carbocycles. The van der Waals surface area contributed by atoms with Crippen molar-refractivity contribution in [3.63, 3.8) is 0 Å². The molecule has 0 heteroatoms. The average molecular weight is 385 g/mol. The van der Waals surface area contributed by atoms with Crippen molar-refractivity contribution in [3.05, 3.63) is 76.4 Å². The van der Waals surface area contributed by atoms with Gasteiger partial charge in [0.15, 0.2) is 0 Å². The van der Waals surface area contributed by atoms with Crippen molar-refractivity contribution in [3.8, 4) is 11.1 Å². The van der Waals surface area contributed by atoms with Gasteiger partial charge in [-0.15, -0.1) is 0 Å². The average Bonchev–Trinajstić information content (AvgIpc) is 2.96. The van der Waals surface area contributed by atoms with Crippen LogP contribution in [0.2, 0.25) is 0 Å². The minimum atomic E-state index is -0.0439. The van der Waals surface area contributed by atoms with Gasteiger partial charge >= 0.3 is 0 Å². The van der Waals surface area contributed by atoms with E-state index in [4.69, 9.17) is 0 Å². The van der Waals surface area contributed by atoms with Gasteiger partial charge in [0.05, 0.1) is 0 Å². The molecule has 3 rings (SSSR count). The van der Waals surface area contributed by atoms with Crippen LogP contribution in [0, 0.1) is 18.3 Å². The highest BCUT2D eigenvalue weighted by Crippen LogP contribution is 2.62. The highest BCUT2D eigenvalue weighted by Gasteiger charge is 2.53. The minimum absolute atomic E-state index is 0.0439. The maximum atomic E-state index is 4.10. The molecule has 1 unspecified atom stereocenters. The summed E-state index contributed by atoms with van der Waals surface area (Å²) in [5.41, 5.74) is 11.0. The zero-order chi connectivity index (χ0) is 21.6. The van der Waals surface area contributed by atoms with Crippen LogP contribution in [0.15, 0.2) is 43.0 Å². The Morgan fingerprint density at radius 1 is 0.862 bits per heavy atom. The quantitative estimate of drug-likeness (QED) is 0.494. The van der Waals surface area contributed by atoms with E-state index in [0.29, 0.717) is 5.92 Å². The van der Waals surface area contributed by atoms with Crippen LogP contribution >= 0.6 is 0 Å². The number of fused-ring (bicyclic) bond motifs is 3. The summed E-state index contributed by atoms with van der Waals surface area (Å²) < 4.78 is 0. The Morgan fingerprint density at radius 3 is 1.86 bits per heavy atom. The van der Waals surface area contributed by atoms with Gasteiger partial charge in [0.2, 0.25) is 0 Å². The maximum absolute atomic E-state index is 4.10. The molecule has 2 aromatic rings. The van der Waals surface area contributed by atoms with Crippen LogP contribution in [0.5, 0.6) is 0 Å². The zero-order valence-electron chi connectivity index (χ0n) is 19.5. The van der Waals surface area contributed by atoms with Gasteiger partial charge in [-0.25, -0.2) is 0 Å². The van der Waals surface area contributed by atoms with Gasteiger partial charge in [-0.05, 0) is 76.6 Å². The van der Waals surface area contributed by atoms with E-state index in [9.17, 15) is 0 Å². The third-order valence-corrected chi connectivity index (χ3v) is 6.78. The minimum Gasteiger partial charge on any atom is -0.0984 e. The van der Waals surface area contributed by atoms with E-state index in [1.54, 1.807) is 0 Å². The molecule has 0 N–H and O–H groups in total. The standard InChI is InChI=1S/C29H36/c1-10-13-22-20(6)15-17-24-26(22)27-23(14-11-2)21(12-3)16-18-25(27)29(24,19(4)5)28(7,8)9/h10-19H,3H2,1-2,4-9H3/b13-10-,14-11-. The lowest BCUT2D eigenvalue weighted by molar-refractivity contribution is 0.171. The highest BCUT2D eigenvalue weighted by atomic mass is 14.6. The largest absolute Gasteiger partial charge is 0.0984 e. The maximum Gasteiger partial charge on any atom is 0.0286 e. The van der Waals surface area contributed by atoms with Crippen LogP contribution in [0.4, 0.5) is 0 Å². The van der Waals surface area contributed by atoms with Gasteiger partial charge in [0, 0.05) is 5.41 Å². The van der Waals surface area contributed by atoms with E-state index in [2.05, 4.69) is 111 Å². The molecule has 0 spiro atoms. The van der Waals surface area contributed by atoms with Crippen LogP contribution in [0.25, 0.3) is 29.4 Å². The molecule has 29 heavy (non-hydrogen) atoms. The third-order valence-electron chi connectivity index (χ3n) is 6.78. The zero-order valence-corrected chi connectivity index (χ0v) is 19.5. The first kappa shape index (κ1) is 21.4. The molecule has 152 valence electrons. The van der Waals surface area contributed by atoms with Gasteiger partial charge in [-0.2, -0.15) is 0 Å². The van der Waals surface area contributed by atoms with Crippen LogP contribution in [-0.4, -0.2) is 0 Å². The molecule has 1 aliphatic carbocycles. The molecular formula is C29H36. The summed E-state index contributed by atoms with van der Waals surface area (Å²) in [6, 6.07) is 9.35. The van der Waals surface area contributed by atoms with Crippen molar-refractivity contribution >= 4 is 18.2 Å². The molecule has 2 aromatic carbocycles. The first-order valence-electron chi connectivity index (χ1n) is 10.9. The van der Waals surface area contributed by atoms with E-state index >= 15 is 0 Å². The van der Waals surface area contributed by atoms with E-state index in [1.165, 1.54) is 44.5 Å². The van der Waals surface area contributed by atoms with E-state index in [0.717, 1.165) is 0 Å². The van der Waals surface area contributed by atoms with E-state index in [1.807, 2.05) is 6.08 Å². The van der Waals surface area contributed by atoms with Gasteiger partial charge < -0.3 is 0 Å². The molecule has 0 nitrogen and oxygen atoms in total. The predicted octanol–water partition coefficient (Wildman–Crippen LogP) is 8.67. The number of hydrogen-bond acceptors (Lipinski definition) is 0. The summed E-state index contributed by atoms with van der Waals surface area (Å²) in [6.07, 6.45) is 10.9. The number of aryl methyl sites for hydroxylation is 1. The second-order valence-corrected chi connectivity index (χ2v) is 9.63. The van der Waals surface area contributed by atoms with Crippen LogP contribution in [0.1, 0.15) is 81.8 Å². The first-order chi connectivity index (χ1) is 13.7. The van der Waals surface area contributed by atoms with Crippen molar-refractivity contribution in [1.29, 1.82) is 0 Å². The van der Waals surface area contributed by atoms with Crippen molar-refractivity contribution < 1.29 is 0 Å². The summed E-state index contributed by atoms with van der Waals surface area (Å²) >= 11 is 0. The normalized spacial score (nSPS) is 18.7. The van der Waals surface area contributed by atoms with Gasteiger partial charge in [0.25, 0.3) is 0 Å². The Balaban J connectivity index is 2.67. The van der Waals surface area contributed by atoms with Crippen LogP contribution in [-0.2, 0) is 5.41 Å². The molecule has 0 fully saturated rings. The number of hydrogen-bond donors (Lipinski definition) is 0. The fourth-order valence-electron chi connectivity index (χ4n) is 5.90. The van der Waals surface area contributed by atoms with Gasteiger partial charge in [-0.3, -0.25) is 0 Å². The van der Waals surface area contributed by atoms with Crippen molar-refractivity contribution in [2.75, 3.05) is 0 Å². The fourth-order valence-corrected chi connectivity index (χ4v) is 5.90. The summed E-state index contributed by atoms with van der Waals surface area (Å²) in [7, 11) is 0.